The van der Waals surface area contributed by atoms with E-state index in [4.69, 9.17) is 14.2 Å². The Morgan fingerprint density at radius 3 is 0.792 bits per heavy atom. The van der Waals surface area contributed by atoms with E-state index in [1.807, 2.05) is 0 Å². The predicted octanol–water partition coefficient (Wildman–Crippen LogP) is 21.4. The minimum atomic E-state index is -0.775. The Morgan fingerprint density at radius 1 is 0.278 bits per heavy atom. The summed E-state index contributed by atoms with van der Waals surface area (Å²) in [6.07, 6.45) is 75.4. The van der Waals surface area contributed by atoms with Crippen molar-refractivity contribution in [3.63, 3.8) is 0 Å². The maximum atomic E-state index is 12.9. The largest absolute Gasteiger partial charge is 0.462 e. The number of carbonyl (C=O) groups excluding carboxylic acids is 3. The molecule has 0 aromatic heterocycles. The third-order valence-electron chi connectivity index (χ3n) is 14.1. The third-order valence-corrected chi connectivity index (χ3v) is 14.1. The lowest BCUT2D eigenvalue weighted by molar-refractivity contribution is -0.167. The zero-order chi connectivity index (χ0) is 52.2. The molecule has 0 spiro atoms. The van der Waals surface area contributed by atoms with Crippen LogP contribution in [0.3, 0.4) is 0 Å². The minimum absolute atomic E-state index is 0.0728. The molecule has 1 atom stereocenters. The molecule has 0 aromatic carbocycles. The summed E-state index contributed by atoms with van der Waals surface area (Å²) < 4.78 is 16.9. The molecule has 6 nitrogen and oxygen atoms in total. The van der Waals surface area contributed by atoms with Gasteiger partial charge in [-0.05, 0) is 83.5 Å². The van der Waals surface area contributed by atoms with Crippen molar-refractivity contribution in [1.29, 1.82) is 0 Å². The van der Waals surface area contributed by atoms with Crippen molar-refractivity contribution in [3.8, 4) is 0 Å². The summed E-state index contributed by atoms with van der Waals surface area (Å²) in [5.74, 6) is -0.864. The molecule has 0 heterocycles. The molecular formula is C66H120O6. The van der Waals surface area contributed by atoms with E-state index in [2.05, 4.69) is 69.4 Å². The molecule has 0 aliphatic heterocycles. The molecule has 0 rings (SSSR count). The molecular weight excluding hydrogens is 889 g/mol. The molecule has 72 heavy (non-hydrogen) atoms. The van der Waals surface area contributed by atoms with Crippen LogP contribution in [0.25, 0.3) is 0 Å². The van der Waals surface area contributed by atoms with Crippen LogP contribution in [0.15, 0.2) is 48.6 Å². The molecule has 0 saturated heterocycles. The normalized spacial score (nSPS) is 12.3. The lowest BCUT2D eigenvalue weighted by atomic mass is 10.0. The highest BCUT2D eigenvalue weighted by Gasteiger charge is 2.19. The fourth-order valence-corrected chi connectivity index (χ4v) is 9.27. The second-order valence-electron chi connectivity index (χ2n) is 21.3. The van der Waals surface area contributed by atoms with Crippen LogP contribution in [0.1, 0.15) is 335 Å². The van der Waals surface area contributed by atoms with Gasteiger partial charge in [-0.3, -0.25) is 14.4 Å². The van der Waals surface area contributed by atoms with Crippen LogP contribution in [0.5, 0.6) is 0 Å². The highest BCUT2D eigenvalue weighted by atomic mass is 16.6. The van der Waals surface area contributed by atoms with Gasteiger partial charge < -0.3 is 14.2 Å². The standard InChI is InChI=1S/C66H120O6/c1-4-7-10-13-16-19-22-25-27-29-31-32-33-34-36-37-39-41-44-47-50-53-56-59-65(68)71-62-63(61-70-64(67)58-55-52-49-46-43-24-21-18-15-12-9-6-3)72-66(69)60-57-54-51-48-45-42-40-38-35-30-28-26-23-20-17-14-11-8-5-2/h22,25-26,28-29,31,33-34,63H,4-21,23-24,27,30,32,35-62H2,1-3H3/b25-22-,28-26-,31-29-,34-33-. The van der Waals surface area contributed by atoms with Gasteiger partial charge in [-0.2, -0.15) is 0 Å². The Kier molecular flexibility index (Phi) is 58.7. The maximum absolute atomic E-state index is 12.9. The summed E-state index contributed by atoms with van der Waals surface area (Å²) >= 11 is 0. The van der Waals surface area contributed by atoms with E-state index in [0.717, 1.165) is 77.0 Å². The van der Waals surface area contributed by atoms with Crippen molar-refractivity contribution >= 4 is 17.9 Å². The first-order valence-corrected chi connectivity index (χ1v) is 31.6. The molecule has 1 unspecified atom stereocenters. The van der Waals surface area contributed by atoms with Gasteiger partial charge in [0.15, 0.2) is 6.10 Å². The van der Waals surface area contributed by atoms with Gasteiger partial charge >= 0.3 is 17.9 Å². The first-order valence-electron chi connectivity index (χ1n) is 31.6. The van der Waals surface area contributed by atoms with Gasteiger partial charge in [-0.1, -0.05) is 281 Å². The van der Waals surface area contributed by atoms with Crippen molar-refractivity contribution < 1.29 is 28.6 Å². The average Bonchev–Trinajstić information content (AvgIpc) is 3.38. The van der Waals surface area contributed by atoms with E-state index >= 15 is 0 Å². The van der Waals surface area contributed by atoms with E-state index in [0.29, 0.717) is 19.3 Å². The van der Waals surface area contributed by atoms with Crippen LogP contribution in [-0.4, -0.2) is 37.2 Å². The van der Waals surface area contributed by atoms with E-state index in [1.54, 1.807) is 0 Å². The Labute approximate surface area is 448 Å². The third kappa shape index (κ3) is 58.3. The number of rotatable bonds is 58. The molecule has 6 heteroatoms. The smallest absolute Gasteiger partial charge is 0.306 e. The first kappa shape index (κ1) is 69.4. The topological polar surface area (TPSA) is 78.9 Å². The molecule has 0 aromatic rings. The van der Waals surface area contributed by atoms with Crippen LogP contribution >= 0.6 is 0 Å². The number of hydrogen-bond acceptors (Lipinski definition) is 6. The monoisotopic (exact) mass is 1010 g/mol. The van der Waals surface area contributed by atoms with Gasteiger partial charge in [-0.15, -0.1) is 0 Å². The van der Waals surface area contributed by atoms with Crippen LogP contribution in [0, 0.1) is 0 Å². The Balaban J connectivity index is 4.30. The summed E-state index contributed by atoms with van der Waals surface area (Å²) in [6, 6.07) is 0. The summed E-state index contributed by atoms with van der Waals surface area (Å²) in [5.41, 5.74) is 0. The lowest BCUT2D eigenvalue weighted by Crippen LogP contribution is -2.30. The molecule has 420 valence electrons. The second kappa shape index (κ2) is 60.9. The quantitative estimate of drug-likeness (QED) is 0.0261. The van der Waals surface area contributed by atoms with Crippen LogP contribution in [0.2, 0.25) is 0 Å². The van der Waals surface area contributed by atoms with Crippen LogP contribution < -0.4 is 0 Å². The fraction of sp³-hybridized carbons (Fsp3) is 0.833. The second-order valence-corrected chi connectivity index (χ2v) is 21.3. The SMILES string of the molecule is CCCCCCC/C=C\C/C=C\C/C=C\CCCCCCCCCCC(=O)OCC(COC(=O)CCCCCCCCCCCCCC)OC(=O)CCCCCCCCCCC/C=C\CCCCCCCC. The number of carbonyl (C=O) groups is 3. The summed E-state index contributed by atoms with van der Waals surface area (Å²) in [5, 5.41) is 0. The van der Waals surface area contributed by atoms with E-state index in [1.165, 1.54) is 218 Å². The number of esters is 3. The van der Waals surface area contributed by atoms with Crippen molar-refractivity contribution in [2.75, 3.05) is 13.2 Å². The number of ether oxygens (including phenoxy) is 3. The zero-order valence-electron chi connectivity index (χ0n) is 48.2. The molecule has 0 fully saturated rings. The van der Waals surface area contributed by atoms with Gasteiger partial charge in [0.2, 0.25) is 0 Å². The van der Waals surface area contributed by atoms with Gasteiger partial charge in [-0.25, -0.2) is 0 Å². The number of unbranched alkanes of at least 4 members (excludes halogenated alkanes) is 39. The Morgan fingerprint density at radius 2 is 0.500 bits per heavy atom. The maximum Gasteiger partial charge on any atom is 0.306 e. The highest BCUT2D eigenvalue weighted by Crippen LogP contribution is 2.17. The van der Waals surface area contributed by atoms with Crippen LogP contribution in [-0.2, 0) is 28.6 Å². The van der Waals surface area contributed by atoms with Gasteiger partial charge in [0.25, 0.3) is 0 Å². The molecule has 0 N–H and O–H groups in total. The van der Waals surface area contributed by atoms with Crippen molar-refractivity contribution in [2.45, 2.75) is 341 Å². The Bertz CT molecular complexity index is 1250. The van der Waals surface area contributed by atoms with Crippen LogP contribution in [0.4, 0.5) is 0 Å². The van der Waals surface area contributed by atoms with Gasteiger partial charge in [0.1, 0.15) is 13.2 Å². The van der Waals surface area contributed by atoms with E-state index < -0.39 is 6.10 Å². The zero-order valence-corrected chi connectivity index (χ0v) is 48.2. The minimum Gasteiger partial charge on any atom is -0.462 e. The molecule has 0 radical (unpaired) electrons. The molecule has 0 aliphatic rings. The van der Waals surface area contributed by atoms with Gasteiger partial charge in [0, 0.05) is 19.3 Å². The van der Waals surface area contributed by atoms with E-state index in [9.17, 15) is 14.4 Å². The van der Waals surface area contributed by atoms with Crippen molar-refractivity contribution in [3.05, 3.63) is 48.6 Å². The summed E-state index contributed by atoms with van der Waals surface area (Å²) in [4.78, 5) is 38.2. The number of allylic oxidation sites excluding steroid dienone is 8. The fourth-order valence-electron chi connectivity index (χ4n) is 9.27. The highest BCUT2D eigenvalue weighted by molar-refractivity contribution is 5.71. The molecule has 0 bridgehead atoms. The van der Waals surface area contributed by atoms with Crippen molar-refractivity contribution in [1.82, 2.24) is 0 Å². The summed E-state index contributed by atoms with van der Waals surface area (Å²) in [7, 11) is 0. The molecule has 0 aliphatic carbocycles. The Hall–Kier alpha value is -2.63. The number of hydrogen-bond donors (Lipinski definition) is 0. The lowest BCUT2D eigenvalue weighted by Gasteiger charge is -2.18. The van der Waals surface area contributed by atoms with E-state index in [-0.39, 0.29) is 31.1 Å². The molecule has 0 amide bonds. The average molecular weight is 1010 g/mol. The predicted molar refractivity (Wildman–Crippen MR) is 312 cm³/mol. The summed E-state index contributed by atoms with van der Waals surface area (Å²) in [6.45, 7) is 6.66. The van der Waals surface area contributed by atoms with Gasteiger partial charge in [0.05, 0.1) is 0 Å². The van der Waals surface area contributed by atoms with Crippen molar-refractivity contribution in [2.24, 2.45) is 0 Å². The molecule has 0 saturated carbocycles. The first-order chi connectivity index (χ1) is 35.5.